The molecule has 86 valence electrons. The van der Waals surface area contributed by atoms with Crippen LogP contribution in [0.15, 0.2) is 30.3 Å². The van der Waals surface area contributed by atoms with E-state index in [1.54, 1.807) is 0 Å². The van der Waals surface area contributed by atoms with Crippen LogP contribution in [0, 0.1) is 5.92 Å². The van der Waals surface area contributed by atoms with Gasteiger partial charge in [0, 0.05) is 11.5 Å². The van der Waals surface area contributed by atoms with E-state index in [0.29, 0.717) is 0 Å². The number of carbonyl (C=O) groups excluding carboxylic acids is 1. The van der Waals surface area contributed by atoms with E-state index in [2.05, 4.69) is 0 Å². The Bertz CT molecular complexity index is 378. The Morgan fingerprint density at radius 2 is 2.06 bits per heavy atom. The molecule has 2 nitrogen and oxygen atoms in total. The number of para-hydroxylation sites is 1. The van der Waals surface area contributed by atoms with Gasteiger partial charge in [-0.1, -0.05) is 44.2 Å². The van der Waals surface area contributed by atoms with Crippen molar-refractivity contribution in [2.75, 3.05) is 6.61 Å². The summed E-state index contributed by atoms with van der Waals surface area (Å²) >= 11 is 0. The summed E-state index contributed by atoms with van der Waals surface area (Å²) in [6, 6.07) is 7.70. The Kier molecular flexibility index (Phi) is 4.77. The van der Waals surface area contributed by atoms with Gasteiger partial charge in [-0.05, 0) is 13.0 Å². The van der Waals surface area contributed by atoms with Crippen molar-refractivity contribution in [1.82, 2.24) is 0 Å². The van der Waals surface area contributed by atoms with Crippen LogP contribution < -0.4 is 4.74 Å². The van der Waals surface area contributed by atoms with Gasteiger partial charge in [0.05, 0.1) is 0 Å². The molecule has 0 atom stereocenters. The van der Waals surface area contributed by atoms with Gasteiger partial charge in [0.15, 0.2) is 5.78 Å². The van der Waals surface area contributed by atoms with Crippen molar-refractivity contribution in [2.45, 2.75) is 20.8 Å². The number of ketones is 1. The van der Waals surface area contributed by atoms with Gasteiger partial charge < -0.3 is 4.74 Å². The summed E-state index contributed by atoms with van der Waals surface area (Å²) in [6.07, 6.45) is 3.92. The summed E-state index contributed by atoms with van der Waals surface area (Å²) in [4.78, 5) is 11.4. The number of hydrogen-bond acceptors (Lipinski definition) is 2. The molecular weight excluding hydrogens is 200 g/mol. The van der Waals surface area contributed by atoms with Crippen molar-refractivity contribution >= 4 is 11.9 Å². The predicted octanol–water partition coefficient (Wildman–Crippen LogP) is 3.32. The van der Waals surface area contributed by atoms with E-state index in [9.17, 15) is 4.79 Å². The Hall–Kier alpha value is -1.57. The quantitative estimate of drug-likeness (QED) is 0.757. The molecule has 1 aromatic carbocycles. The van der Waals surface area contributed by atoms with Gasteiger partial charge in [0.25, 0.3) is 0 Å². The second-order valence-electron chi connectivity index (χ2n) is 3.95. The van der Waals surface area contributed by atoms with Crippen LogP contribution in [0.25, 0.3) is 6.08 Å². The molecule has 0 saturated carbocycles. The smallest absolute Gasteiger partial charge is 0.172 e. The molecule has 0 aromatic heterocycles. The average Bonchev–Trinajstić information content (AvgIpc) is 2.27. The van der Waals surface area contributed by atoms with Crippen molar-refractivity contribution < 1.29 is 9.53 Å². The number of allylic oxidation sites excluding steroid dienone is 1. The van der Waals surface area contributed by atoms with E-state index in [-0.39, 0.29) is 18.3 Å². The molecule has 0 saturated heterocycles. The van der Waals surface area contributed by atoms with Crippen molar-refractivity contribution in [2.24, 2.45) is 5.92 Å². The zero-order chi connectivity index (χ0) is 12.0. The van der Waals surface area contributed by atoms with Gasteiger partial charge in [-0.25, -0.2) is 0 Å². The highest BCUT2D eigenvalue weighted by atomic mass is 16.5. The molecule has 0 fully saturated rings. The molecule has 2 heteroatoms. The van der Waals surface area contributed by atoms with E-state index >= 15 is 0 Å². The molecule has 0 bridgehead atoms. The molecular formula is C14H18O2. The number of carbonyl (C=O) groups is 1. The third-order valence-electron chi connectivity index (χ3n) is 2.28. The molecule has 0 spiro atoms. The van der Waals surface area contributed by atoms with Crippen LogP contribution in [0.4, 0.5) is 0 Å². The van der Waals surface area contributed by atoms with Crippen LogP contribution in [0.3, 0.4) is 0 Å². The van der Waals surface area contributed by atoms with Crippen LogP contribution >= 0.6 is 0 Å². The lowest BCUT2D eigenvalue weighted by atomic mass is 10.1. The fraction of sp³-hybridized carbons (Fsp3) is 0.357. The van der Waals surface area contributed by atoms with Gasteiger partial charge in [-0.3, -0.25) is 4.79 Å². The summed E-state index contributed by atoms with van der Waals surface area (Å²) in [5.41, 5.74) is 1.00. The monoisotopic (exact) mass is 218 g/mol. The molecule has 0 aliphatic heterocycles. The highest BCUT2D eigenvalue weighted by Crippen LogP contribution is 2.19. The Morgan fingerprint density at radius 1 is 1.38 bits per heavy atom. The largest absolute Gasteiger partial charge is 0.485 e. The molecule has 0 unspecified atom stereocenters. The van der Waals surface area contributed by atoms with Crippen molar-refractivity contribution in [3.05, 3.63) is 35.9 Å². The van der Waals surface area contributed by atoms with E-state index in [1.807, 2.05) is 57.2 Å². The van der Waals surface area contributed by atoms with Crippen molar-refractivity contribution in [3.8, 4) is 5.75 Å². The third-order valence-corrected chi connectivity index (χ3v) is 2.28. The molecule has 16 heavy (non-hydrogen) atoms. The molecule has 0 heterocycles. The predicted molar refractivity (Wildman–Crippen MR) is 66.5 cm³/mol. The summed E-state index contributed by atoms with van der Waals surface area (Å²) in [6.45, 7) is 5.86. The number of benzene rings is 1. The zero-order valence-electron chi connectivity index (χ0n) is 10.1. The van der Waals surface area contributed by atoms with E-state index in [1.165, 1.54) is 0 Å². The first-order chi connectivity index (χ1) is 7.65. The lowest BCUT2D eigenvalue weighted by Gasteiger charge is -2.09. The maximum absolute atomic E-state index is 11.4. The maximum Gasteiger partial charge on any atom is 0.172 e. The first kappa shape index (κ1) is 12.5. The molecule has 0 radical (unpaired) electrons. The van der Waals surface area contributed by atoms with Crippen molar-refractivity contribution in [3.63, 3.8) is 0 Å². The van der Waals surface area contributed by atoms with Crippen LogP contribution in [-0.4, -0.2) is 12.4 Å². The summed E-state index contributed by atoms with van der Waals surface area (Å²) < 4.78 is 5.51. The van der Waals surface area contributed by atoms with E-state index in [0.717, 1.165) is 11.3 Å². The summed E-state index contributed by atoms with van der Waals surface area (Å²) in [5, 5.41) is 0. The first-order valence-corrected chi connectivity index (χ1v) is 5.52. The highest BCUT2D eigenvalue weighted by molar-refractivity contribution is 5.81. The average molecular weight is 218 g/mol. The second-order valence-corrected chi connectivity index (χ2v) is 3.95. The SMILES string of the molecule is CC=Cc1ccccc1OCC(=O)C(C)C. The highest BCUT2D eigenvalue weighted by Gasteiger charge is 2.08. The molecule has 0 amide bonds. The topological polar surface area (TPSA) is 26.3 Å². The molecule has 1 rings (SSSR count). The molecule has 0 aliphatic rings. The minimum Gasteiger partial charge on any atom is -0.485 e. The van der Waals surface area contributed by atoms with Crippen LogP contribution in [0.2, 0.25) is 0 Å². The second kappa shape index (κ2) is 6.11. The van der Waals surface area contributed by atoms with Crippen molar-refractivity contribution in [1.29, 1.82) is 0 Å². The Labute approximate surface area is 96.9 Å². The number of Topliss-reactive ketones (excluding diaryl/α,β-unsaturated/α-hetero) is 1. The molecule has 0 aliphatic carbocycles. The number of ether oxygens (including phenoxy) is 1. The van der Waals surface area contributed by atoms with Crippen LogP contribution in [0.1, 0.15) is 26.3 Å². The number of rotatable bonds is 5. The van der Waals surface area contributed by atoms with Gasteiger partial charge in [0.1, 0.15) is 12.4 Å². The summed E-state index contributed by atoms with van der Waals surface area (Å²) in [5.74, 6) is 0.902. The summed E-state index contributed by atoms with van der Waals surface area (Å²) in [7, 11) is 0. The van der Waals surface area contributed by atoms with Crippen LogP contribution in [0.5, 0.6) is 5.75 Å². The lowest BCUT2D eigenvalue weighted by Crippen LogP contribution is -2.17. The molecule has 1 aromatic rings. The fourth-order valence-electron chi connectivity index (χ4n) is 1.24. The maximum atomic E-state index is 11.4. The van der Waals surface area contributed by atoms with Gasteiger partial charge in [0.2, 0.25) is 0 Å². The fourth-order valence-corrected chi connectivity index (χ4v) is 1.24. The van der Waals surface area contributed by atoms with Gasteiger partial charge in [-0.15, -0.1) is 0 Å². The third kappa shape index (κ3) is 3.54. The van der Waals surface area contributed by atoms with Gasteiger partial charge in [-0.2, -0.15) is 0 Å². The lowest BCUT2D eigenvalue weighted by molar-refractivity contribution is -0.123. The number of hydrogen-bond donors (Lipinski definition) is 0. The first-order valence-electron chi connectivity index (χ1n) is 5.52. The minimum atomic E-state index is 0.0221. The normalized spacial score (nSPS) is 11.0. The Balaban J connectivity index is 2.70. The molecule has 0 N–H and O–H groups in total. The Morgan fingerprint density at radius 3 is 2.69 bits per heavy atom. The van der Waals surface area contributed by atoms with Crippen LogP contribution in [-0.2, 0) is 4.79 Å². The van der Waals surface area contributed by atoms with E-state index < -0.39 is 0 Å². The van der Waals surface area contributed by atoms with E-state index in [4.69, 9.17) is 4.74 Å². The minimum absolute atomic E-state index is 0.0221. The van der Waals surface area contributed by atoms with Gasteiger partial charge >= 0.3 is 0 Å². The zero-order valence-corrected chi connectivity index (χ0v) is 10.1. The standard InChI is InChI=1S/C14H18O2/c1-4-7-12-8-5-6-9-14(12)16-10-13(15)11(2)3/h4-9,11H,10H2,1-3H3.